The molecule has 37 heavy (non-hydrogen) atoms. The Balaban J connectivity index is 1.51. The summed E-state index contributed by atoms with van der Waals surface area (Å²) in [5.41, 5.74) is -3.28. The van der Waals surface area contributed by atoms with Crippen LogP contribution in [0.4, 0.5) is 30.7 Å². The first kappa shape index (κ1) is 26.6. The van der Waals surface area contributed by atoms with Crippen molar-refractivity contribution in [2.75, 3.05) is 0 Å². The van der Waals surface area contributed by atoms with E-state index in [9.17, 15) is 43.9 Å². The highest BCUT2D eigenvalue weighted by Crippen LogP contribution is 2.37. The van der Waals surface area contributed by atoms with E-state index < -0.39 is 68.6 Å². The van der Waals surface area contributed by atoms with Crippen LogP contribution >= 0.6 is 0 Å². The molecule has 2 heterocycles. The standard InChI is InChI=1S/C22H17F7N4O3S/c23-13-1-4-15(5-2-13)37(35,36)17-7-6-16(17)20(34)31-9-12-11-33(32-19(12)22(27,28)29)14-3-8-18(30-10-14)21(24,25)26/h1-5,8,10-11,16-17H,6-7,9H2,(H,31,34)/t16-,17+/m1/s1. The summed E-state index contributed by atoms with van der Waals surface area (Å²) < 4.78 is 118. The first-order chi connectivity index (χ1) is 17.2. The number of carbonyl (C=O) groups excluding carboxylic acids is 1. The zero-order valence-electron chi connectivity index (χ0n) is 18.5. The fourth-order valence-corrected chi connectivity index (χ4v) is 5.86. The minimum absolute atomic E-state index is 0.143. The van der Waals surface area contributed by atoms with E-state index >= 15 is 0 Å². The van der Waals surface area contributed by atoms with Gasteiger partial charge in [0, 0.05) is 18.3 Å². The van der Waals surface area contributed by atoms with Gasteiger partial charge in [0.2, 0.25) is 5.91 Å². The number of nitrogens with one attached hydrogen (secondary N) is 1. The van der Waals surface area contributed by atoms with Gasteiger partial charge in [-0.05, 0) is 49.2 Å². The summed E-state index contributed by atoms with van der Waals surface area (Å²) in [6.07, 6.45) is -7.77. The van der Waals surface area contributed by atoms with E-state index in [1.165, 1.54) is 0 Å². The molecule has 15 heteroatoms. The molecule has 7 nitrogen and oxygen atoms in total. The summed E-state index contributed by atoms with van der Waals surface area (Å²) in [4.78, 5) is 15.7. The van der Waals surface area contributed by atoms with Crippen LogP contribution in [0.1, 0.15) is 29.8 Å². The lowest BCUT2D eigenvalue weighted by Gasteiger charge is -2.34. The van der Waals surface area contributed by atoms with Crippen molar-refractivity contribution in [1.29, 1.82) is 0 Å². The van der Waals surface area contributed by atoms with Crippen LogP contribution in [-0.4, -0.2) is 34.3 Å². The van der Waals surface area contributed by atoms with Crippen molar-refractivity contribution in [3.63, 3.8) is 0 Å². The van der Waals surface area contributed by atoms with E-state index in [4.69, 9.17) is 0 Å². The van der Waals surface area contributed by atoms with Crippen molar-refractivity contribution in [3.8, 4) is 5.69 Å². The number of carbonyl (C=O) groups is 1. The molecule has 1 aromatic carbocycles. The molecule has 1 fully saturated rings. The Morgan fingerprint density at radius 2 is 1.68 bits per heavy atom. The molecule has 0 saturated heterocycles. The second-order valence-corrected chi connectivity index (χ2v) is 10.5. The molecule has 0 radical (unpaired) electrons. The topological polar surface area (TPSA) is 93.9 Å². The third kappa shape index (κ3) is 5.45. The van der Waals surface area contributed by atoms with Crippen molar-refractivity contribution < 1.29 is 43.9 Å². The number of nitrogens with zero attached hydrogens (tertiary/aromatic N) is 3. The number of alkyl halides is 6. The Kier molecular flexibility index (Phi) is 6.77. The third-order valence-electron chi connectivity index (χ3n) is 5.90. The molecule has 1 aliphatic rings. The number of hydrogen-bond acceptors (Lipinski definition) is 5. The largest absolute Gasteiger partial charge is 0.435 e. The quantitative estimate of drug-likeness (QED) is 0.365. The van der Waals surface area contributed by atoms with E-state index in [-0.39, 0.29) is 23.4 Å². The van der Waals surface area contributed by atoms with Crippen LogP contribution < -0.4 is 5.32 Å². The molecule has 0 unspecified atom stereocenters. The lowest BCUT2D eigenvalue weighted by atomic mass is 9.84. The number of pyridine rings is 1. The van der Waals surface area contributed by atoms with Crippen molar-refractivity contribution >= 4 is 15.7 Å². The highest BCUT2D eigenvalue weighted by atomic mass is 32.2. The van der Waals surface area contributed by atoms with Gasteiger partial charge in [-0.2, -0.15) is 31.4 Å². The lowest BCUT2D eigenvalue weighted by Crippen LogP contribution is -2.47. The van der Waals surface area contributed by atoms with Gasteiger partial charge >= 0.3 is 12.4 Å². The smallest absolute Gasteiger partial charge is 0.352 e. The summed E-state index contributed by atoms with van der Waals surface area (Å²) in [7, 11) is -3.98. The Labute approximate surface area is 205 Å². The molecule has 0 aliphatic heterocycles. The number of aromatic nitrogens is 3. The number of sulfone groups is 1. The van der Waals surface area contributed by atoms with Crippen LogP contribution in [-0.2, 0) is 33.5 Å². The summed E-state index contributed by atoms with van der Waals surface area (Å²) in [5, 5.41) is 4.56. The van der Waals surface area contributed by atoms with E-state index in [2.05, 4.69) is 15.4 Å². The predicted octanol–water partition coefficient (Wildman–Crippen LogP) is 4.31. The van der Waals surface area contributed by atoms with Crippen molar-refractivity contribution in [1.82, 2.24) is 20.1 Å². The van der Waals surface area contributed by atoms with Gasteiger partial charge in [0.1, 0.15) is 11.5 Å². The number of hydrogen-bond donors (Lipinski definition) is 1. The maximum Gasteiger partial charge on any atom is 0.435 e. The van der Waals surface area contributed by atoms with Gasteiger partial charge in [-0.3, -0.25) is 4.79 Å². The first-order valence-corrected chi connectivity index (χ1v) is 12.2. The second-order valence-electron chi connectivity index (χ2n) is 8.28. The average Bonchev–Trinajstić information content (AvgIpc) is 3.21. The molecule has 1 amide bonds. The Bertz CT molecular complexity index is 1400. The predicted molar refractivity (Wildman–Crippen MR) is 113 cm³/mol. The van der Waals surface area contributed by atoms with Crippen LogP contribution in [0.25, 0.3) is 5.69 Å². The number of amides is 1. The van der Waals surface area contributed by atoms with Gasteiger partial charge < -0.3 is 5.32 Å². The normalized spacial score (nSPS) is 18.4. The lowest BCUT2D eigenvalue weighted by molar-refractivity contribution is -0.142. The summed E-state index contributed by atoms with van der Waals surface area (Å²) in [6.45, 7) is -0.665. The van der Waals surface area contributed by atoms with Gasteiger partial charge in [-0.25, -0.2) is 22.5 Å². The number of halogens is 7. The monoisotopic (exact) mass is 550 g/mol. The molecule has 4 rings (SSSR count). The van der Waals surface area contributed by atoms with E-state index in [0.29, 0.717) is 16.9 Å². The molecule has 3 aromatic rings. The molecule has 1 aliphatic carbocycles. The molecular weight excluding hydrogens is 533 g/mol. The maximum atomic E-state index is 13.5. The van der Waals surface area contributed by atoms with Crippen LogP contribution in [0.2, 0.25) is 0 Å². The fraction of sp³-hybridized carbons (Fsp3) is 0.318. The molecule has 1 N–H and O–H groups in total. The molecule has 1 saturated carbocycles. The molecule has 2 aromatic heterocycles. The van der Waals surface area contributed by atoms with Gasteiger partial charge in [0.15, 0.2) is 15.5 Å². The number of benzene rings is 1. The molecular formula is C22H17F7N4O3S. The van der Waals surface area contributed by atoms with Crippen LogP contribution in [0.15, 0.2) is 53.7 Å². The Morgan fingerprint density at radius 3 is 2.19 bits per heavy atom. The fourth-order valence-electron chi connectivity index (χ4n) is 3.85. The number of rotatable bonds is 6. The van der Waals surface area contributed by atoms with E-state index in [1.54, 1.807) is 0 Å². The van der Waals surface area contributed by atoms with Crippen molar-refractivity contribution in [2.24, 2.45) is 5.92 Å². The summed E-state index contributed by atoms with van der Waals surface area (Å²) in [5.74, 6) is -2.47. The zero-order chi connectivity index (χ0) is 27.2. The van der Waals surface area contributed by atoms with Crippen LogP contribution in [0.3, 0.4) is 0 Å². The summed E-state index contributed by atoms with van der Waals surface area (Å²) in [6, 6.07) is 5.54. The van der Waals surface area contributed by atoms with Gasteiger partial charge in [-0.15, -0.1) is 0 Å². The van der Waals surface area contributed by atoms with Crippen molar-refractivity contribution in [3.05, 3.63) is 71.6 Å². The maximum absolute atomic E-state index is 13.5. The van der Waals surface area contributed by atoms with Gasteiger partial charge in [0.25, 0.3) is 0 Å². The Morgan fingerprint density at radius 1 is 1.00 bits per heavy atom. The SMILES string of the molecule is O=C(NCc1cn(-c2ccc(C(F)(F)F)nc2)nc1C(F)(F)F)[C@@H]1CC[C@@H]1S(=O)(=O)c1ccc(F)cc1. The van der Waals surface area contributed by atoms with Crippen LogP contribution in [0.5, 0.6) is 0 Å². The van der Waals surface area contributed by atoms with Gasteiger partial charge in [-0.1, -0.05) is 0 Å². The third-order valence-corrected chi connectivity index (χ3v) is 8.19. The summed E-state index contributed by atoms with van der Waals surface area (Å²) >= 11 is 0. The van der Waals surface area contributed by atoms with Crippen molar-refractivity contribution in [2.45, 2.75) is 41.9 Å². The second kappa shape index (κ2) is 9.43. The zero-order valence-corrected chi connectivity index (χ0v) is 19.3. The molecule has 2 atom stereocenters. The average molecular weight is 550 g/mol. The van der Waals surface area contributed by atoms with E-state index in [1.807, 2.05) is 0 Å². The van der Waals surface area contributed by atoms with E-state index in [0.717, 1.165) is 36.5 Å². The Hall–Kier alpha value is -3.49. The first-order valence-electron chi connectivity index (χ1n) is 10.6. The van der Waals surface area contributed by atoms with Crippen LogP contribution in [0, 0.1) is 11.7 Å². The molecule has 198 valence electrons. The molecule has 0 bridgehead atoms. The minimum Gasteiger partial charge on any atom is -0.352 e. The minimum atomic E-state index is -4.95. The van der Waals surface area contributed by atoms with Gasteiger partial charge in [0.05, 0.1) is 27.9 Å². The highest BCUT2D eigenvalue weighted by Gasteiger charge is 2.46. The highest BCUT2D eigenvalue weighted by molar-refractivity contribution is 7.92. The molecule has 0 spiro atoms.